The molecule has 1 saturated heterocycles. The van der Waals surface area contributed by atoms with Crippen LogP contribution in [-0.4, -0.2) is 25.5 Å². The van der Waals surface area contributed by atoms with Crippen molar-refractivity contribution in [2.24, 2.45) is 11.8 Å². The number of rotatable bonds is 6. The number of benzene rings is 1. The fourth-order valence-corrected chi connectivity index (χ4v) is 3.51. The summed E-state index contributed by atoms with van der Waals surface area (Å²) in [5.41, 5.74) is 4.00. The Hall–Kier alpha value is -1.35. The van der Waals surface area contributed by atoms with Crippen molar-refractivity contribution in [3.8, 4) is 0 Å². The molecule has 1 unspecified atom stereocenters. The van der Waals surface area contributed by atoms with E-state index in [-0.39, 0.29) is 5.91 Å². The summed E-state index contributed by atoms with van der Waals surface area (Å²) in [6.07, 6.45) is 4.00. The van der Waals surface area contributed by atoms with Gasteiger partial charge in [-0.25, -0.2) is 0 Å². The second-order valence-corrected chi connectivity index (χ2v) is 6.74. The van der Waals surface area contributed by atoms with Crippen LogP contribution in [0.25, 0.3) is 0 Å². The van der Waals surface area contributed by atoms with Crippen LogP contribution < -0.4 is 10.6 Å². The van der Waals surface area contributed by atoms with E-state index in [4.69, 9.17) is 0 Å². The molecule has 1 aliphatic heterocycles. The van der Waals surface area contributed by atoms with Gasteiger partial charge in [0.2, 0.25) is 5.91 Å². The maximum atomic E-state index is 12.1. The monoisotopic (exact) mass is 302 g/mol. The molecule has 0 bridgehead atoms. The molecule has 2 N–H and O–H groups in total. The summed E-state index contributed by atoms with van der Waals surface area (Å²) in [6.45, 7) is 9.45. The van der Waals surface area contributed by atoms with Gasteiger partial charge in [-0.1, -0.05) is 25.1 Å². The lowest BCUT2D eigenvalue weighted by Crippen LogP contribution is -2.34. The molecule has 1 aromatic carbocycles. The van der Waals surface area contributed by atoms with E-state index in [0.717, 1.165) is 26.1 Å². The molecular weight excluding hydrogens is 272 g/mol. The largest absolute Gasteiger partial charge is 0.356 e. The van der Waals surface area contributed by atoms with Crippen LogP contribution in [0, 0.1) is 25.7 Å². The Balaban J connectivity index is 1.73. The predicted molar refractivity (Wildman–Crippen MR) is 92.0 cm³/mol. The molecule has 3 nitrogen and oxygen atoms in total. The van der Waals surface area contributed by atoms with Crippen molar-refractivity contribution in [3.63, 3.8) is 0 Å². The molecule has 0 radical (unpaired) electrons. The first-order valence-corrected chi connectivity index (χ1v) is 8.60. The summed E-state index contributed by atoms with van der Waals surface area (Å²) in [7, 11) is 0. The second-order valence-electron chi connectivity index (χ2n) is 6.74. The van der Waals surface area contributed by atoms with Crippen molar-refractivity contribution in [2.45, 2.75) is 46.5 Å². The summed E-state index contributed by atoms with van der Waals surface area (Å²) < 4.78 is 0. The molecule has 0 aliphatic carbocycles. The van der Waals surface area contributed by atoms with Gasteiger partial charge in [0.25, 0.3) is 0 Å². The highest BCUT2D eigenvalue weighted by Crippen LogP contribution is 2.24. The average molecular weight is 302 g/mol. The van der Waals surface area contributed by atoms with Crippen molar-refractivity contribution in [1.29, 1.82) is 0 Å². The zero-order chi connectivity index (χ0) is 15.9. The number of hydrogen-bond acceptors (Lipinski definition) is 2. The number of carbonyl (C=O) groups is 1. The summed E-state index contributed by atoms with van der Waals surface area (Å²) in [5.74, 6) is 1.39. The van der Waals surface area contributed by atoms with E-state index in [0.29, 0.717) is 18.3 Å². The molecule has 1 heterocycles. The molecule has 0 saturated carbocycles. The van der Waals surface area contributed by atoms with Gasteiger partial charge in [0, 0.05) is 13.0 Å². The van der Waals surface area contributed by atoms with Crippen LogP contribution in [0.4, 0.5) is 0 Å². The quantitative estimate of drug-likeness (QED) is 0.848. The normalized spacial score (nSPS) is 17.2. The van der Waals surface area contributed by atoms with Crippen LogP contribution in [0.3, 0.4) is 0 Å². The van der Waals surface area contributed by atoms with Gasteiger partial charge in [0.1, 0.15) is 0 Å². The molecule has 22 heavy (non-hydrogen) atoms. The molecule has 1 atom stereocenters. The summed E-state index contributed by atoms with van der Waals surface area (Å²) in [6, 6.07) is 6.38. The Kier molecular flexibility index (Phi) is 6.44. The Morgan fingerprint density at radius 3 is 2.55 bits per heavy atom. The third-order valence-electron chi connectivity index (χ3n) is 5.04. The molecule has 0 aromatic heterocycles. The van der Waals surface area contributed by atoms with Crippen molar-refractivity contribution in [2.75, 3.05) is 19.6 Å². The second kappa shape index (κ2) is 8.33. The van der Waals surface area contributed by atoms with E-state index in [1.807, 2.05) is 0 Å². The van der Waals surface area contributed by atoms with Crippen LogP contribution in [0.1, 0.15) is 42.9 Å². The maximum absolute atomic E-state index is 12.1. The predicted octanol–water partition coefficient (Wildman–Crippen LogP) is 2.99. The average Bonchev–Trinajstić information content (AvgIpc) is 2.51. The van der Waals surface area contributed by atoms with Crippen LogP contribution in [0.15, 0.2) is 18.2 Å². The molecule has 1 fully saturated rings. The van der Waals surface area contributed by atoms with Crippen LogP contribution in [0.5, 0.6) is 0 Å². The number of aryl methyl sites for hydroxylation is 2. The molecule has 1 amide bonds. The van der Waals surface area contributed by atoms with Gasteiger partial charge in [-0.05, 0) is 74.7 Å². The Morgan fingerprint density at radius 1 is 1.27 bits per heavy atom. The highest BCUT2D eigenvalue weighted by molar-refractivity contribution is 5.76. The minimum absolute atomic E-state index is 0.206. The van der Waals surface area contributed by atoms with Gasteiger partial charge in [-0.2, -0.15) is 0 Å². The molecule has 1 aliphatic rings. The zero-order valence-electron chi connectivity index (χ0n) is 14.2. The molecule has 122 valence electrons. The van der Waals surface area contributed by atoms with Gasteiger partial charge in [0.05, 0.1) is 0 Å². The number of amides is 1. The third kappa shape index (κ3) is 4.84. The van der Waals surface area contributed by atoms with Crippen LogP contribution in [-0.2, 0) is 11.2 Å². The Morgan fingerprint density at radius 2 is 1.91 bits per heavy atom. The highest BCUT2D eigenvalue weighted by Gasteiger charge is 2.21. The summed E-state index contributed by atoms with van der Waals surface area (Å²) in [4.78, 5) is 12.1. The van der Waals surface area contributed by atoms with Crippen molar-refractivity contribution in [3.05, 3.63) is 34.9 Å². The van der Waals surface area contributed by atoms with Gasteiger partial charge in [-0.15, -0.1) is 0 Å². The van der Waals surface area contributed by atoms with E-state index in [9.17, 15) is 4.79 Å². The van der Waals surface area contributed by atoms with Crippen LogP contribution in [0.2, 0.25) is 0 Å². The lowest BCUT2D eigenvalue weighted by molar-refractivity contribution is -0.122. The van der Waals surface area contributed by atoms with Gasteiger partial charge < -0.3 is 10.6 Å². The molecule has 0 spiro atoms. The molecular formula is C19H30N2O. The molecule has 1 aromatic rings. The summed E-state index contributed by atoms with van der Waals surface area (Å²) >= 11 is 0. The number of nitrogens with one attached hydrogen (secondary N) is 2. The topological polar surface area (TPSA) is 41.1 Å². The fourth-order valence-electron chi connectivity index (χ4n) is 3.51. The lowest BCUT2D eigenvalue weighted by Gasteiger charge is -2.27. The van der Waals surface area contributed by atoms with E-state index in [2.05, 4.69) is 49.6 Å². The standard InChI is InChI=1S/C19H30N2O/c1-14-5-4-6-15(2)18(14)9-12-21-19(22)13-16(3)17-7-10-20-11-8-17/h4-6,16-17,20H,7-13H2,1-3H3,(H,21,22). The van der Waals surface area contributed by atoms with Gasteiger partial charge in [0.15, 0.2) is 0 Å². The SMILES string of the molecule is Cc1cccc(C)c1CCNC(=O)CC(C)C1CCNCC1. The zero-order valence-corrected chi connectivity index (χ0v) is 14.2. The molecule has 3 heteroatoms. The first kappa shape index (κ1) is 17.0. The minimum atomic E-state index is 0.206. The van der Waals surface area contributed by atoms with Crippen molar-refractivity contribution in [1.82, 2.24) is 10.6 Å². The van der Waals surface area contributed by atoms with Crippen molar-refractivity contribution >= 4 is 5.91 Å². The van der Waals surface area contributed by atoms with E-state index < -0.39 is 0 Å². The van der Waals surface area contributed by atoms with Gasteiger partial charge in [-0.3, -0.25) is 4.79 Å². The summed E-state index contributed by atoms with van der Waals surface area (Å²) in [5, 5.41) is 6.49. The first-order chi connectivity index (χ1) is 10.6. The maximum Gasteiger partial charge on any atom is 0.220 e. The first-order valence-electron chi connectivity index (χ1n) is 8.60. The van der Waals surface area contributed by atoms with E-state index >= 15 is 0 Å². The van der Waals surface area contributed by atoms with Crippen LogP contribution >= 0.6 is 0 Å². The number of hydrogen-bond donors (Lipinski definition) is 2. The minimum Gasteiger partial charge on any atom is -0.356 e. The highest BCUT2D eigenvalue weighted by atomic mass is 16.1. The fraction of sp³-hybridized carbons (Fsp3) is 0.632. The molecule has 2 rings (SSSR count). The van der Waals surface area contributed by atoms with E-state index in [1.165, 1.54) is 29.5 Å². The van der Waals surface area contributed by atoms with E-state index in [1.54, 1.807) is 0 Å². The Bertz CT molecular complexity index is 472. The number of carbonyl (C=O) groups excluding carboxylic acids is 1. The smallest absolute Gasteiger partial charge is 0.220 e. The third-order valence-corrected chi connectivity index (χ3v) is 5.04. The van der Waals surface area contributed by atoms with Crippen molar-refractivity contribution < 1.29 is 4.79 Å². The Labute approximate surface area is 134 Å². The number of piperidine rings is 1. The van der Waals surface area contributed by atoms with Gasteiger partial charge >= 0.3 is 0 Å². The lowest BCUT2D eigenvalue weighted by atomic mass is 9.84.